The van der Waals surface area contributed by atoms with Crippen LogP contribution in [-0.4, -0.2) is 33.2 Å². The molecule has 120 valence electrons. The van der Waals surface area contributed by atoms with Gasteiger partial charge in [0.05, 0.1) is 6.54 Å². The Hall–Kier alpha value is -2.90. The van der Waals surface area contributed by atoms with Gasteiger partial charge in [-0.05, 0) is 30.2 Å². The van der Waals surface area contributed by atoms with Crippen molar-refractivity contribution in [2.45, 2.75) is 19.4 Å². The normalized spacial score (nSPS) is 13.2. The quantitative estimate of drug-likeness (QED) is 0.832. The molecule has 3 rings (SSSR count). The summed E-state index contributed by atoms with van der Waals surface area (Å²) in [4.78, 5) is 23.1. The molecule has 0 unspecified atom stereocenters. The molecule has 8 heteroatoms. The van der Waals surface area contributed by atoms with E-state index in [0.29, 0.717) is 31.0 Å². The number of amides is 2. The predicted octanol–water partition coefficient (Wildman–Crippen LogP) is 0.395. The second kappa shape index (κ2) is 6.47. The summed E-state index contributed by atoms with van der Waals surface area (Å²) in [7, 11) is 1.81. The van der Waals surface area contributed by atoms with E-state index in [1.807, 2.05) is 13.1 Å². The monoisotopic (exact) mass is 315 g/mol. The van der Waals surface area contributed by atoms with Crippen LogP contribution in [0.5, 0.6) is 5.75 Å². The summed E-state index contributed by atoms with van der Waals surface area (Å²) in [6.07, 6.45) is 2.72. The number of nitrogens with one attached hydrogen (secondary N) is 2. The smallest absolute Gasteiger partial charge is 0.258 e. The number of fused-ring (bicyclic) bond motifs is 1. The first-order valence-electron chi connectivity index (χ1n) is 7.27. The minimum Gasteiger partial charge on any atom is -0.484 e. The molecule has 1 aliphatic heterocycles. The Kier molecular flexibility index (Phi) is 4.22. The molecule has 8 nitrogen and oxygen atoms in total. The number of nitrogens with zero attached hydrogens (tertiary/aromatic N) is 3. The van der Waals surface area contributed by atoms with Crippen molar-refractivity contribution in [3.05, 3.63) is 35.9 Å². The highest BCUT2D eigenvalue weighted by atomic mass is 16.5. The fraction of sp³-hybridized carbons (Fsp3) is 0.333. The number of hydrogen-bond donors (Lipinski definition) is 2. The summed E-state index contributed by atoms with van der Waals surface area (Å²) < 4.78 is 7.23. The highest BCUT2D eigenvalue weighted by Gasteiger charge is 2.15. The topological polar surface area (TPSA) is 98.1 Å². The minimum atomic E-state index is -0.237. The Morgan fingerprint density at radius 1 is 1.43 bits per heavy atom. The van der Waals surface area contributed by atoms with E-state index in [2.05, 4.69) is 20.8 Å². The van der Waals surface area contributed by atoms with Crippen LogP contribution in [0.4, 0.5) is 5.69 Å². The number of anilines is 1. The second-order valence-corrected chi connectivity index (χ2v) is 5.29. The lowest BCUT2D eigenvalue weighted by atomic mass is 10.0. The summed E-state index contributed by atoms with van der Waals surface area (Å²) in [6, 6.07) is 5.38. The van der Waals surface area contributed by atoms with E-state index < -0.39 is 0 Å². The molecule has 2 amide bonds. The van der Waals surface area contributed by atoms with Gasteiger partial charge in [-0.1, -0.05) is 0 Å². The summed E-state index contributed by atoms with van der Waals surface area (Å²) in [6.45, 7) is 0.220. The Labute approximate surface area is 132 Å². The van der Waals surface area contributed by atoms with Crippen LogP contribution in [0.15, 0.2) is 24.5 Å². The molecular formula is C15H17N5O3. The number of benzene rings is 1. The van der Waals surface area contributed by atoms with Gasteiger partial charge in [0, 0.05) is 19.2 Å². The highest BCUT2D eigenvalue weighted by Crippen LogP contribution is 2.26. The third-order valence-corrected chi connectivity index (χ3v) is 3.59. The van der Waals surface area contributed by atoms with Crippen LogP contribution in [0.25, 0.3) is 0 Å². The molecule has 2 heterocycles. The number of carbonyl (C=O) groups excluding carboxylic acids is 2. The maximum atomic E-state index is 11.8. The van der Waals surface area contributed by atoms with Gasteiger partial charge >= 0.3 is 0 Å². The van der Waals surface area contributed by atoms with E-state index in [9.17, 15) is 9.59 Å². The van der Waals surface area contributed by atoms with E-state index in [4.69, 9.17) is 4.74 Å². The predicted molar refractivity (Wildman–Crippen MR) is 81.7 cm³/mol. The summed E-state index contributed by atoms with van der Waals surface area (Å²) in [5.74, 6) is 1.06. The summed E-state index contributed by atoms with van der Waals surface area (Å²) in [5, 5.41) is 13.1. The van der Waals surface area contributed by atoms with Crippen LogP contribution >= 0.6 is 0 Å². The Balaban J connectivity index is 1.51. The van der Waals surface area contributed by atoms with Crippen LogP contribution < -0.4 is 15.4 Å². The fourth-order valence-electron chi connectivity index (χ4n) is 2.29. The van der Waals surface area contributed by atoms with Crippen molar-refractivity contribution in [1.29, 1.82) is 0 Å². The van der Waals surface area contributed by atoms with Crippen molar-refractivity contribution < 1.29 is 14.3 Å². The van der Waals surface area contributed by atoms with Crippen LogP contribution in [0.2, 0.25) is 0 Å². The van der Waals surface area contributed by atoms with Gasteiger partial charge in [0.15, 0.2) is 12.4 Å². The molecule has 0 aliphatic carbocycles. The lowest BCUT2D eigenvalue weighted by Gasteiger charge is -2.17. The number of aryl methyl sites for hydroxylation is 2. The van der Waals surface area contributed by atoms with Crippen LogP contribution in [0.1, 0.15) is 17.8 Å². The van der Waals surface area contributed by atoms with Gasteiger partial charge in [0.2, 0.25) is 5.91 Å². The standard InChI is InChI=1S/C15H17N5O3/c1-20-9-17-19-13(20)7-16-15(22)8-23-11-3-4-12-10(6-11)2-5-14(21)18-12/h3-4,6,9H,2,5,7-8H2,1H3,(H,16,22)(H,18,21). The van der Waals surface area contributed by atoms with Gasteiger partial charge < -0.3 is 19.9 Å². The molecule has 0 saturated carbocycles. The largest absolute Gasteiger partial charge is 0.484 e. The number of hydrogen-bond acceptors (Lipinski definition) is 5. The molecule has 1 aliphatic rings. The fourth-order valence-corrected chi connectivity index (χ4v) is 2.29. The van der Waals surface area contributed by atoms with Crippen LogP contribution in [-0.2, 0) is 29.6 Å². The van der Waals surface area contributed by atoms with Gasteiger partial charge in [0.1, 0.15) is 12.1 Å². The highest BCUT2D eigenvalue weighted by molar-refractivity contribution is 5.94. The van der Waals surface area contributed by atoms with E-state index in [1.165, 1.54) is 0 Å². The first-order chi connectivity index (χ1) is 11.1. The zero-order valence-corrected chi connectivity index (χ0v) is 12.7. The third kappa shape index (κ3) is 3.65. The Morgan fingerprint density at radius 2 is 2.30 bits per heavy atom. The van der Waals surface area contributed by atoms with Gasteiger partial charge in [-0.2, -0.15) is 0 Å². The average molecular weight is 315 g/mol. The molecule has 0 spiro atoms. The van der Waals surface area contributed by atoms with E-state index in [-0.39, 0.29) is 18.4 Å². The maximum absolute atomic E-state index is 11.8. The van der Waals surface area contributed by atoms with E-state index in [0.717, 1.165) is 11.3 Å². The Bertz CT molecular complexity index is 740. The van der Waals surface area contributed by atoms with Gasteiger partial charge in [-0.15, -0.1) is 10.2 Å². The molecule has 1 aromatic heterocycles. The molecule has 0 bridgehead atoms. The Morgan fingerprint density at radius 3 is 3.09 bits per heavy atom. The van der Waals surface area contributed by atoms with Crippen LogP contribution in [0.3, 0.4) is 0 Å². The first kappa shape index (κ1) is 15.0. The lowest BCUT2D eigenvalue weighted by molar-refractivity contribution is -0.123. The SMILES string of the molecule is Cn1cnnc1CNC(=O)COc1ccc2c(c1)CCC(=O)N2. The summed E-state index contributed by atoms with van der Waals surface area (Å²) >= 11 is 0. The van der Waals surface area contributed by atoms with Gasteiger partial charge in [-0.3, -0.25) is 9.59 Å². The number of ether oxygens (including phenoxy) is 1. The average Bonchev–Trinajstić information content (AvgIpc) is 2.96. The maximum Gasteiger partial charge on any atom is 0.258 e. The minimum absolute atomic E-state index is 0.0225. The van der Waals surface area contributed by atoms with Gasteiger partial charge in [0.25, 0.3) is 5.91 Å². The number of rotatable bonds is 5. The molecule has 23 heavy (non-hydrogen) atoms. The van der Waals surface area contributed by atoms with Crippen molar-refractivity contribution in [3.63, 3.8) is 0 Å². The molecule has 2 N–H and O–H groups in total. The van der Waals surface area contributed by atoms with Gasteiger partial charge in [-0.25, -0.2) is 0 Å². The number of aromatic nitrogens is 3. The number of carbonyl (C=O) groups is 2. The second-order valence-electron chi connectivity index (χ2n) is 5.29. The molecular weight excluding hydrogens is 298 g/mol. The van der Waals surface area contributed by atoms with Crippen molar-refractivity contribution in [1.82, 2.24) is 20.1 Å². The molecule has 0 fully saturated rings. The van der Waals surface area contributed by atoms with Crippen molar-refractivity contribution >= 4 is 17.5 Å². The zero-order chi connectivity index (χ0) is 16.2. The zero-order valence-electron chi connectivity index (χ0n) is 12.7. The summed E-state index contributed by atoms with van der Waals surface area (Å²) in [5.41, 5.74) is 1.82. The van der Waals surface area contributed by atoms with Crippen LogP contribution in [0, 0.1) is 0 Å². The lowest BCUT2D eigenvalue weighted by Crippen LogP contribution is -2.29. The molecule has 0 atom stereocenters. The first-order valence-corrected chi connectivity index (χ1v) is 7.27. The van der Waals surface area contributed by atoms with E-state index >= 15 is 0 Å². The van der Waals surface area contributed by atoms with E-state index in [1.54, 1.807) is 23.0 Å². The van der Waals surface area contributed by atoms with Crippen molar-refractivity contribution in [2.75, 3.05) is 11.9 Å². The molecule has 0 saturated heterocycles. The molecule has 2 aromatic rings. The molecule has 1 aromatic carbocycles. The molecule has 0 radical (unpaired) electrons. The van der Waals surface area contributed by atoms with Crippen molar-refractivity contribution in [3.8, 4) is 5.75 Å². The van der Waals surface area contributed by atoms with Crippen molar-refractivity contribution in [2.24, 2.45) is 7.05 Å². The third-order valence-electron chi connectivity index (χ3n) is 3.59.